The minimum absolute atomic E-state index is 0.594. The van der Waals surface area contributed by atoms with Crippen LogP contribution in [-0.2, 0) is 0 Å². The van der Waals surface area contributed by atoms with Crippen LogP contribution in [0.2, 0.25) is 0 Å². The molecular formula is B19P. The van der Waals surface area contributed by atoms with Gasteiger partial charge in [-0.15, -0.1) is 0 Å². The Morgan fingerprint density at radius 3 is 0.800 bits per heavy atom. The van der Waals surface area contributed by atoms with Crippen LogP contribution in [0.3, 0.4) is 0 Å². The van der Waals surface area contributed by atoms with Crippen molar-refractivity contribution in [2.45, 2.75) is 0 Å². The highest BCUT2D eigenvalue weighted by atomic mass is 31.1. The van der Waals surface area contributed by atoms with Crippen LogP contribution in [0.25, 0.3) is 0 Å². The highest BCUT2D eigenvalue weighted by Crippen LogP contribution is 2.44. The summed E-state index contributed by atoms with van der Waals surface area (Å²) in [4.78, 5) is 0. The molecule has 0 spiro atoms. The van der Waals surface area contributed by atoms with Crippen molar-refractivity contribution in [3.05, 3.63) is 0 Å². The smallest absolute Gasteiger partial charge is 0.0528 e. The molecule has 0 aromatic heterocycles. The van der Waals surface area contributed by atoms with Gasteiger partial charge < -0.3 is 0 Å². The molecule has 0 aromatic rings. The lowest BCUT2D eigenvalue weighted by Crippen LogP contribution is -2.63. The molecule has 62 valence electrons. The molecular weight excluding hydrogens is 236 g/mol. The fraction of sp³-hybridized carbons (Fsp3) is 0. The highest BCUT2D eigenvalue weighted by molar-refractivity contribution is 8.55. The lowest BCUT2D eigenvalue weighted by Gasteiger charge is -2.45. The van der Waals surface area contributed by atoms with E-state index < -0.39 is 58.1 Å². The largest absolute Gasteiger partial charge is 0.253 e. The van der Waals surface area contributed by atoms with E-state index in [0.29, 0.717) is 0 Å². The van der Waals surface area contributed by atoms with Gasteiger partial charge in [0.15, 0.2) is 0 Å². The Balaban J connectivity index is 5.66. The molecule has 0 saturated carbocycles. The quantitative estimate of drug-likeness (QED) is 0.291. The summed E-state index contributed by atoms with van der Waals surface area (Å²) in [5, 5.41) is 0. The Hall–Kier alpha value is 1.66. The van der Waals surface area contributed by atoms with Gasteiger partial charge in [-0.25, -0.2) is 0 Å². The summed E-state index contributed by atoms with van der Waals surface area (Å²) >= 11 is 0. The van der Waals surface area contributed by atoms with E-state index in [1.807, 2.05) is 0 Å². The summed E-state index contributed by atoms with van der Waals surface area (Å²) < 4.78 is 0. The summed E-state index contributed by atoms with van der Waals surface area (Å²) in [6.07, 6.45) is -6.18. The Kier molecular flexibility index (Phi) is 10.5. The molecule has 0 bridgehead atoms. The molecule has 0 N–H and O–H groups in total. The highest BCUT2D eigenvalue weighted by Gasteiger charge is 2.41. The topological polar surface area (TPSA) is 0 Å². The second-order valence-electron chi connectivity index (χ2n) is 4.81. The molecule has 0 atom stereocenters. The van der Waals surface area contributed by atoms with E-state index in [1.165, 1.54) is 0 Å². The molecule has 0 saturated heterocycles. The number of hydrogen-bond acceptors (Lipinski definition) is 0. The maximum atomic E-state index is 6.05. The van der Waals surface area contributed by atoms with Crippen molar-refractivity contribution >= 4 is 143 Å². The van der Waals surface area contributed by atoms with Crippen molar-refractivity contribution in [3.8, 4) is 0 Å². The molecule has 0 heterocycles. The van der Waals surface area contributed by atoms with Gasteiger partial charge in [0.25, 0.3) is 0 Å². The van der Waals surface area contributed by atoms with Crippen LogP contribution >= 0.6 is 7.56 Å². The molecule has 0 aliphatic rings. The molecule has 20 heavy (non-hydrogen) atoms. The van der Waals surface area contributed by atoms with Crippen LogP contribution < -0.4 is 0 Å². The summed E-state index contributed by atoms with van der Waals surface area (Å²) in [7, 11) is 61.9. The number of rotatable bonds is 8. The maximum Gasteiger partial charge on any atom is 0.0528 e. The fourth-order valence-corrected chi connectivity index (χ4v) is 5.28. The molecule has 0 aliphatic carbocycles. The van der Waals surface area contributed by atoms with Crippen LogP contribution in [0.4, 0.5) is 0 Å². The first-order valence-electron chi connectivity index (χ1n) is 6.11. The van der Waals surface area contributed by atoms with E-state index in [9.17, 15) is 0 Å². The molecule has 0 unspecified atom stereocenters. The van der Waals surface area contributed by atoms with Gasteiger partial charge in [0.05, 0.1) is 18.6 Å². The lowest BCUT2D eigenvalue weighted by molar-refractivity contribution is 3.50. The summed E-state index contributed by atoms with van der Waals surface area (Å²) in [6, 6.07) is 0. The van der Waals surface area contributed by atoms with E-state index >= 15 is 0 Å². The number of hydrogen-bond donors (Lipinski definition) is 0. The maximum absolute atomic E-state index is 6.05. The fourth-order valence-electron chi connectivity index (χ4n) is 2.10. The van der Waals surface area contributed by atoms with E-state index in [0.717, 1.165) is 0 Å². The van der Waals surface area contributed by atoms with Gasteiger partial charge in [-0.05, 0) is 0 Å². The van der Waals surface area contributed by atoms with Crippen molar-refractivity contribution < 1.29 is 0 Å². The van der Waals surface area contributed by atoms with Gasteiger partial charge in [0.2, 0.25) is 0 Å². The lowest BCUT2D eigenvalue weighted by atomic mass is 8.79. The molecule has 0 fully saturated rings. The molecule has 20 heteroatoms. The van der Waals surface area contributed by atoms with Crippen molar-refractivity contribution in [3.63, 3.8) is 0 Å². The van der Waals surface area contributed by atoms with Gasteiger partial charge in [-0.2, -0.15) is 0 Å². The van der Waals surface area contributed by atoms with Crippen LogP contribution in [0, 0.1) is 0 Å². The zero-order chi connectivity index (χ0) is 16.2. The van der Waals surface area contributed by atoms with E-state index in [2.05, 4.69) is 0 Å². The first-order chi connectivity index (χ1) is 9.02. The van der Waals surface area contributed by atoms with Gasteiger partial charge in [0.1, 0.15) is 0 Å². The minimum atomic E-state index is -1.42. The molecule has 0 aliphatic heterocycles. The van der Waals surface area contributed by atoms with Crippen LogP contribution in [-0.4, -0.2) is 136 Å². The molecule has 0 aromatic carbocycles. The monoisotopic (exact) mass is 240 g/mol. The summed E-state index contributed by atoms with van der Waals surface area (Å²) in [6.45, 7) is 0. The Labute approximate surface area is 143 Å². The predicted molar refractivity (Wildman–Crippen MR) is 116 cm³/mol. The molecule has 0 rings (SSSR count). The van der Waals surface area contributed by atoms with Crippen molar-refractivity contribution in [2.75, 3.05) is 0 Å². The first-order valence-corrected chi connectivity index (χ1v) is 7.66. The van der Waals surface area contributed by atoms with Gasteiger partial charge in [-0.1, -0.05) is 0 Å². The third kappa shape index (κ3) is 6.04. The predicted octanol–water partition coefficient (Wildman–Crippen LogP) is -6.37. The molecule has 22 radical (unpaired) electrons. The molecule has 0 amide bonds. The zero-order valence-electron chi connectivity index (χ0n) is 11.4. The normalized spacial score (nSPS) is 9.65. The Morgan fingerprint density at radius 1 is 0.400 bits per heavy atom. The van der Waals surface area contributed by atoms with Gasteiger partial charge in [-0.3, -0.25) is 7.56 Å². The van der Waals surface area contributed by atoms with Crippen molar-refractivity contribution in [1.29, 1.82) is 0 Å². The Bertz CT molecular complexity index is 216. The second-order valence-corrected chi connectivity index (χ2v) is 7.49. The average molecular weight is 236 g/mol. The van der Waals surface area contributed by atoms with Crippen LogP contribution in [0.1, 0.15) is 0 Å². The van der Waals surface area contributed by atoms with Gasteiger partial charge in [0, 0.05) is 117 Å². The van der Waals surface area contributed by atoms with E-state index in [1.54, 1.807) is 0 Å². The standard InChI is InChI=1S/B19P/c1-12(2)17(11)20(18(13(3)4)14(5)6)19(15(7)8)16(9)10. The second kappa shape index (κ2) is 9.72. The first kappa shape index (κ1) is 21.7. The SMILES string of the molecule is [B]B([B])B([B])P(B(B([B])[B])B([B])[B])B(B([B])[B])B([B])[B]. The van der Waals surface area contributed by atoms with Crippen molar-refractivity contribution in [1.82, 2.24) is 0 Å². The van der Waals surface area contributed by atoms with Gasteiger partial charge >= 0.3 is 0 Å². The zero-order valence-corrected chi connectivity index (χ0v) is 12.3. The van der Waals surface area contributed by atoms with Crippen LogP contribution in [0.15, 0.2) is 0 Å². The van der Waals surface area contributed by atoms with E-state index in [-0.39, 0.29) is 0 Å². The third-order valence-corrected chi connectivity index (χ3v) is 6.79. The van der Waals surface area contributed by atoms with Crippen LogP contribution in [0.5, 0.6) is 0 Å². The van der Waals surface area contributed by atoms with E-state index in [4.69, 9.17) is 85.1 Å². The van der Waals surface area contributed by atoms with Crippen molar-refractivity contribution in [2.24, 2.45) is 0 Å². The summed E-state index contributed by atoms with van der Waals surface area (Å²) in [5.74, 6) is 0. The third-order valence-electron chi connectivity index (χ3n) is 3.00. The minimum Gasteiger partial charge on any atom is -0.253 e. The molecule has 0 nitrogen and oxygen atoms in total. The summed E-state index contributed by atoms with van der Waals surface area (Å²) in [5.41, 5.74) is 0. The Morgan fingerprint density at radius 2 is 0.650 bits per heavy atom. The average Bonchev–Trinajstić information content (AvgIpc) is 2.24.